The van der Waals surface area contributed by atoms with E-state index in [2.05, 4.69) is 52.7 Å². The Labute approximate surface area is 167 Å². The third-order valence-electron chi connectivity index (χ3n) is 5.53. The van der Waals surface area contributed by atoms with E-state index in [1.807, 2.05) is 26.0 Å². The number of carbonyl (C=O) groups is 1. The van der Waals surface area contributed by atoms with Crippen molar-refractivity contribution in [3.05, 3.63) is 64.1 Å². The Bertz CT molecular complexity index is 1280. The molecule has 0 radical (unpaired) electrons. The molecule has 0 aliphatic carbocycles. The molecule has 1 aliphatic heterocycles. The van der Waals surface area contributed by atoms with Crippen LogP contribution in [-0.4, -0.2) is 35.5 Å². The highest BCUT2D eigenvalue weighted by molar-refractivity contribution is 5.95. The highest BCUT2D eigenvalue weighted by Crippen LogP contribution is 2.41. The highest BCUT2D eigenvalue weighted by atomic mass is 16.1. The summed E-state index contributed by atoms with van der Waals surface area (Å²) in [5.74, 6) is 1.92. The molecule has 1 atom stereocenters. The Morgan fingerprint density at radius 3 is 2.69 bits per heavy atom. The largest absolute Gasteiger partial charge is 0.310 e. The van der Waals surface area contributed by atoms with Crippen LogP contribution in [0.15, 0.2) is 30.3 Å². The Kier molecular flexibility index (Phi) is 3.77. The summed E-state index contributed by atoms with van der Waals surface area (Å²) < 4.78 is 3.38. The van der Waals surface area contributed by atoms with Gasteiger partial charge in [-0.1, -0.05) is 23.8 Å². The standard InChI is InChI=1S/C21H21N7O/c1-11-5-6-12(2)15(9-11)16-10-19(29)22-21-20(16)13(3)25-28(21)18-8-7-17-24-23-14(4)27(17)26-18/h5-9,16H,10H2,1-4H3,(H,22,29)/t16-/m0/s1. The van der Waals surface area contributed by atoms with Crippen LogP contribution in [0.25, 0.3) is 11.5 Å². The van der Waals surface area contributed by atoms with E-state index in [1.165, 1.54) is 16.7 Å². The molecule has 0 saturated carbocycles. The molecule has 29 heavy (non-hydrogen) atoms. The van der Waals surface area contributed by atoms with Gasteiger partial charge >= 0.3 is 0 Å². The predicted octanol–water partition coefficient (Wildman–Crippen LogP) is 3.02. The van der Waals surface area contributed by atoms with E-state index >= 15 is 0 Å². The van der Waals surface area contributed by atoms with Gasteiger partial charge in [-0.05, 0) is 51.0 Å². The van der Waals surface area contributed by atoms with Gasteiger partial charge in [-0.2, -0.15) is 14.3 Å². The number of amides is 1. The van der Waals surface area contributed by atoms with Crippen LogP contribution < -0.4 is 5.32 Å². The van der Waals surface area contributed by atoms with E-state index in [4.69, 9.17) is 5.10 Å². The van der Waals surface area contributed by atoms with Crippen LogP contribution in [-0.2, 0) is 4.79 Å². The third kappa shape index (κ3) is 2.71. The van der Waals surface area contributed by atoms with E-state index < -0.39 is 0 Å². The minimum Gasteiger partial charge on any atom is -0.310 e. The lowest BCUT2D eigenvalue weighted by atomic mass is 9.83. The van der Waals surface area contributed by atoms with Crippen molar-refractivity contribution >= 4 is 17.4 Å². The summed E-state index contributed by atoms with van der Waals surface area (Å²) in [5.41, 5.74) is 6.11. The Morgan fingerprint density at radius 2 is 1.86 bits per heavy atom. The first-order valence-corrected chi connectivity index (χ1v) is 9.58. The maximum atomic E-state index is 12.6. The zero-order valence-electron chi connectivity index (χ0n) is 16.8. The van der Waals surface area contributed by atoms with E-state index in [1.54, 1.807) is 9.20 Å². The quantitative estimate of drug-likeness (QED) is 0.571. The number of nitrogens with zero attached hydrogens (tertiary/aromatic N) is 6. The molecule has 8 heteroatoms. The molecule has 1 aromatic carbocycles. The fraction of sp³-hybridized carbons (Fsp3) is 0.286. The molecule has 5 rings (SSSR count). The van der Waals surface area contributed by atoms with Crippen molar-refractivity contribution in [1.29, 1.82) is 0 Å². The lowest BCUT2D eigenvalue weighted by Gasteiger charge is -2.25. The van der Waals surface area contributed by atoms with E-state index in [0.717, 1.165) is 11.3 Å². The van der Waals surface area contributed by atoms with Crippen molar-refractivity contribution in [3.8, 4) is 5.82 Å². The topological polar surface area (TPSA) is 90.0 Å². The Balaban J connectivity index is 1.70. The molecule has 0 saturated heterocycles. The van der Waals surface area contributed by atoms with Gasteiger partial charge < -0.3 is 5.32 Å². The Morgan fingerprint density at radius 1 is 1.03 bits per heavy atom. The predicted molar refractivity (Wildman–Crippen MR) is 108 cm³/mol. The average molecular weight is 387 g/mol. The smallest absolute Gasteiger partial charge is 0.226 e. The number of fused-ring (bicyclic) bond motifs is 2. The second kappa shape index (κ2) is 6.23. The number of aryl methyl sites for hydroxylation is 4. The van der Waals surface area contributed by atoms with Gasteiger partial charge in [-0.3, -0.25) is 4.79 Å². The molecule has 1 N–H and O–H groups in total. The minimum atomic E-state index is -0.0345. The summed E-state index contributed by atoms with van der Waals surface area (Å²) >= 11 is 0. The van der Waals surface area contributed by atoms with Crippen LogP contribution in [0.3, 0.4) is 0 Å². The minimum absolute atomic E-state index is 0.0221. The number of benzene rings is 1. The number of hydrogen-bond acceptors (Lipinski definition) is 5. The van der Waals surface area contributed by atoms with Crippen molar-refractivity contribution in [1.82, 2.24) is 29.6 Å². The van der Waals surface area contributed by atoms with E-state index in [-0.39, 0.29) is 11.8 Å². The molecule has 146 valence electrons. The number of hydrogen-bond donors (Lipinski definition) is 1. The average Bonchev–Trinajstić information content (AvgIpc) is 3.23. The molecule has 1 amide bonds. The zero-order chi connectivity index (χ0) is 20.3. The molecule has 0 spiro atoms. The lowest BCUT2D eigenvalue weighted by molar-refractivity contribution is -0.116. The number of aromatic nitrogens is 6. The molecular weight excluding hydrogens is 366 g/mol. The first-order valence-electron chi connectivity index (χ1n) is 9.58. The monoisotopic (exact) mass is 387 g/mol. The van der Waals surface area contributed by atoms with Crippen LogP contribution in [0.4, 0.5) is 5.82 Å². The van der Waals surface area contributed by atoms with E-state index in [9.17, 15) is 4.79 Å². The molecular formula is C21H21N7O. The molecule has 4 aromatic rings. The van der Waals surface area contributed by atoms with Gasteiger partial charge in [0.25, 0.3) is 0 Å². The number of rotatable bonds is 2. The lowest BCUT2D eigenvalue weighted by Crippen LogP contribution is -2.25. The number of anilines is 1. The van der Waals surface area contributed by atoms with Gasteiger partial charge in [0, 0.05) is 17.9 Å². The van der Waals surface area contributed by atoms with Gasteiger partial charge in [0.1, 0.15) is 5.82 Å². The van der Waals surface area contributed by atoms with Crippen LogP contribution in [0.5, 0.6) is 0 Å². The second-order valence-corrected chi connectivity index (χ2v) is 7.63. The third-order valence-corrected chi connectivity index (χ3v) is 5.53. The molecule has 0 unspecified atom stereocenters. The van der Waals surface area contributed by atoms with Gasteiger partial charge in [-0.15, -0.1) is 15.3 Å². The van der Waals surface area contributed by atoms with Crippen LogP contribution in [0.2, 0.25) is 0 Å². The van der Waals surface area contributed by atoms with Crippen LogP contribution in [0, 0.1) is 27.7 Å². The fourth-order valence-electron chi connectivity index (χ4n) is 4.11. The summed E-state index contributed by atoms with van der Waals surface area (Å²) in [6, 6.07) is 10.1. The SMILES string of the molecule is Cc1ccc(C)c([C@@H]2CC(=O)Nc3c2c(C)nn3-c2ccc3nnc(C)n3n2)c1. The van der Waals surface area contributed by atoms with Crippen molar-refractivity contribution in [2.45, 2.75) is 40.0 Å². The van der Waals surface area contributed by atoms with Crippen molar-refractivity contribution < 1.29 is 4.79 Å². The maximum absolute atomic E-state index is 12.6. The molecule has 1 aliphatic rings. The van der Waals surface area contributed by atoms with Crippen LogP contribution in [0.1, 0.15) is 46.1 Å². The first-order chi connectivity index (χ1) is 13.9. The van der Waals surface area contributed by atoms with Crippen LogP contribution >= 0.6 is 0 Å². The molecule has 3 aromatic heterocycles. The summed E-state index contributed by atoms with van der Waals surface area (Å²) in [5, 5.41) is 20.5. The van der Waals surface area contributed by atoms with Gasteiger partial charge in [0.05, 0.1) is 5.69 Å². The van der Waals surface area contributed by atoms with Crippen molar-refractivity contribution in [2.24, 2.45) is 0 Å². The summed E-state index contributed by atoms with van der Waals surface area (Å²) in [7, 11) is 0. The van der Waals surface area contributed by atoms with Gasteiger partial charge in [-0.25, -0.2) is 0 Å². The summed E-state index contributed by atoms with van der Waals surface area (Å²) in [6.07, 6.45) is 0.404. The molecule has 8 nitrogen and oxygen atoms in total. The Hall–Kier alpha value is -3.55. The number of carbonyl (C=O) groups excluding carboxylic acids is 1. The van der Waals surface area contributed by atoms with Crippen molar-refractivity contribution in [3.63, 3.8) is 0 Å². The van der Waals surface area contributed by atoms with E-state index in [0.29, 0.717) is 29.5 Å². The maximum Gasteiger partial charge on any atom is 0.226 e. The number of nitrogens with one attached hydrogen (secondary N) is 1. The highest BCUT2D eigenvalue weighted by Gasteiger charge is 2.33. The fourth-order valence-corrected chi connectivity index (χ4v) is 4.11. The second-order valence-electron chi connectivity index (χ2n) is 7.63. The zero-order valence-corrected chi connectivity index (χ0v) is 16.8. The summed E-state index contributed by atoms with van der Waals surface area (Å²) in [4.78, 5) is 12.6. The first kappa shape index (κ1) is 17.5. The van der Waals surface area contributed by atoms with Gasteiger partial charge in [0.15, 0.2) is 17.3 Å². The van der Waals surface area contributed by atoms with Gasteiger partial charge in [0.2, 0.25) is 5.91 Å². The molecule has 0 bridgehead atoms. The normalized spacial score (nSPS) is 16.1. The molecule has 4 heterocycles. The summed E-state index contributed by atoms with van der Waals surface area (Å²) in [6.45, 7) is 7.99. The molecule has 0 fully saturated rings. The van der Waals surface area contributed by atoms with Crippen molar-refractivity contribution in [2.75, 3.05) is 5.32 Å².